The van der Waals surface area contributed by atoms with E-state index in [9.17, 15) is 0 Å². The van der Waals surface area contributed by atoms with Crippen LogP contribution in [-0.2, 0) is 20.1 Å². The second-order valence-electron chi connectivity index (χ2n) is 14.7. The number of nitrogens with zero attached hydrogens (tertiary/aromatic N) is 4. The molecule has 0 spiro atoms. The molecular formula is C51H42IrN4O-2. The fourth-order valence-electron chi connectivity index (χ4n) is 7.73. The summed E-state index contributed by atoms with van der Waals surface area (Å²) in [6, 6.07) is 45.5. The van der Waals surface area contributed by atoms with E-state index in [-0.39, 0.29) is 43.1 Å². The van der Waals surface area contributed by atoms with Gasteiger partial charge in [0.1, 0.15) is 5.58 Å². The Balaban J connectivity index is 0.000000219. The zero-order valence-electron chi connectivity index (χ0n) is 37.9. The number of benzene rings is 6. The Labute approximate surface area is 355 Å². The third kappa shape index (κ3) is 6.84. The van der Waals surface area contributed by atoms with Crippen molar-refractivity contribution in [3.05, 3.63) is 168 Å². The minimum absolute atomic E-state index is 0. The van der Waals surface area contributed by atoms with Gasteiger partial charge in [0.2, 0.25) is 0 Å². The van der Waals surface area contributed by atoms with Crippen molar-refractivity contribution in [1.82, 2.24) is 19.5 Å². The van der Waals surface area contributed by atoms with Gasteiger partial charge in [-0.3, -0.25) is 9.97 Å². The molecule has 0 saturated heterocycles. The van der Waals surface area contributed by atoms with Crippen LogP contribution in [0.5, 0.6) is 0 Å². The largest absolute Gasteiger partial charge is 0.501 e. The Morgan fingerprint density at radius 1 is 0.667 bits per heavy atom. The molecule has 57 heavy (non-hydrogen) atoms. The Hall–Kier alpha value is -5.94. The van der Waals surface area contributed by atoms with E-state index in [2.05, 4.69) is 128 Å². The van der Waals surface area contributed by atoms with Crippen molar-refractivity contribution in [3.63, 3.8) is 0 Å². The van der Waals surface area contributed by atoms with E-state index < -0.39 is 13.7 Å². The maximum absolute atomic E-state index is 7.28. The summed E-state index contributed by atoms with van der Waals surface area (Å²) in [6.07, 6.45) is 3.36. The van der Waals surface area contributed by atoms with E-state index in [1.807, 2.05) is 18.2 Å². The van der Waals surface area contributed by atoms with Crippen LogP contribution in [0.25, 0.3) is 83.0 Å². The van der Waals surface area contributed by atoms with Crippen LogP contribution in [0.3, 0.4) is 0 Å². The number of hydrogen-bond acceptors (Lipinski definition) is 4. The number of aryl methyl sites for hydroxylation is 2. The third-order valence-electron chi connectivity index (χ3n) is 10.3. The van der Waals surface area contributed by atoms with Crippen molar-refractivity contribution in [3.8, 4) is 28.3 Å². The Bertz CT molecular complexity index is 3220. The van der Waals surface area contributed by atoms with E-state index in [0.29, 0.717) is 11.3 Å². The molecule has 283 valence electrons. The minimum atomic E-state index is -2.18. The van der Waals surface area contributed by atoms with Crippen LogP contribution in [-0.4, -0.2) is 19.5 Å². The van der Waals surface area contributed by atoms with Gasteiger partial charge in [-0.15, -0.1) is 53.6 Å². The summed E-state index contributed by atoms with van der Waals surface area (Å²) in [4.78, 5) is 14.3. The second kappa shape index (κ2) is 15.5. The molecule has 6 aromatic carbocycles. The van der Waals surface area contributed by atoms with Gasteiger partial charge in [0.05, 0.1) is 28.0 Å². The smallest absolute Gasteiger partial charge is 0.120 e. The van der Waals surface area contributed by atoms with Gasteiger partial charge >= 0.3 is 0 Å². The van der Waals surface area contributed by atoms with Crippen molar-refractivity contribution >= 4 is 54.6 Å². The van der Waals surface area contributed by atoms with Gasteiger partial charge in [0.15, 0.2) is 0 Å². The predicted octanol–water partition coefficient (Wildman–Crippen LogP) is 13.5. The summed E-state index contributed by atoms with van der Waals surface area (Å²) in [7, 11) is 0. The van der Waals surface area contributed by atoms with E-state index in [1.165, 1.54) is 57.4 Å². The Morgan fingerprint density at radius 2 is 1.42 bits per heavy atom. The fourth-order valence-corrected chi connectivity index (χ4v) is 7.73. The van der Waals surface area contributed by atoms with Crippen LogP contribution in [0.2, 0.25) is 0 Å². The van der Waals surface area contributed by atoms with Crippen molar-refractivity contribution in [1.29, 1.82) is 0 Å². The molecule has 10 rings (SSSR count). The monoisotopic (exact) mass is 925 g/mol. The van der Waals surface area contributed by atoms with E-state index in [4.69, 9.17) is 22.6 Å². The summed E-state index contributed by atoms with van der Waals surface area (Å²) in [5, 5.41) is 5.77. The average molecular weight is 925 g/mol. The molecule has 0 amide bonds. The molecule has 0 bridgehead atoms. The summed E-state index contributed by atoms with van der Waals surface area (Å²) in [5.41, 5.74) is 10.8. The van der Waals surface area contributed by atoms with Gasteiger partial charge in [-0.2, -0.15) is 0 Å². The Morgan fingerprint density at radius 3 is 2.16 bits per heavy atom. The van der Waals surface area contributed by atoms with Crippen LogP contribution < -0.4 is 0 Å². The molecule has 1 radical (unpaired) electrons. The maximum Gasteiger partial charge on any atom is 0.120 e. The quantitative estimate of drug-likeness (QED) is 0.127. The molecule has 0 atom stereocenters. The number of fused-ring (bicyclic) bond motifs is 7. The molecule has 0 aliphatic carbocycles. The summed E-state index contributed by atoms with van der Waals surface area (Å²) < 4.78 is 52.5. The van der Waals surface area contributed by atoms with E-state index >= 15 is 0 Å². The first-order chi connectivity index (χ1) is 29.7. The van der Waals surface area contributed by atoms with Gasteiger partial charge in [-0.05, 0) is 76.8 Å². The molecule has 5 nitrogen and oxygen atoms in total. The van der Waals surface area contributed by atoms with Gasteiger partial charge in [-0.1, -0.05) is 106 Å². The number of aromatic nitrogens is 4. The number of para-hydroxylation sites is 4. The zero-order valence-corrected chi connectivity index (χ0v) is 34.3. The molecule has 0 unspecified atom stereocenters. The zero-order chi connectivity index (χ0) is 43.5. The second-order valence-corrected chi connectivity index (χ2v) is 14.7. The van der Waals surface area contributed by atoms with Gasteiger partial charge in [0, 0.05) is 62.6 Å². The number of pyridine rings is 2. The third-order valence-corrected chi connectivity index (χ3v) is 10.3. The molecule has 0 aliphatic heterocycles. The standard InChI is InChI=1S/C38H30N3O.C13H12N.Ir/c1-22(2)28-20-29-24-12-5-7-16-31(24)39-21-30(29)35(23(3)4)36(28)41-33-18-9-8-17-32(33)40-38(41)27-15-11-14-26-25-13-6-10-19-34(25)42-37(26)27;1-10-3-6-12(7-4-10)13-8-5-11(2)9-14-13;/h5-14,16-23H,1-4H3;3-6,8-9H,1-2H3;/q2*-1;/i;1D3,2D3;. The average Bonchev–Trinajstić information content (AvgIpc) is 3.84. The topological polar surface area (TPSA) is 56.7 Å². The van der Waals surface area contributed by atoms with Crippen LogP contribution >= 0.6 is 0 Å². The SMILES string of the molecule is CC(C)c1cc2c(cnc3ccccc32)c(C(C)C)c1-n1c(-c2[c-]ccc3c2oc2ccccc23)nc2ccccc21.[2H]C([2H])([2H])c1c[c-]c(-c2ccc(C([2H])([2H])[2H])cn2)cc1.[Ir]. The first-order valence-corrected chi connectivity index (χ1v) is 18.8. The van der Waals surface area contributed by atoms with Crippen molar-refractivity contribution in [2.75, 3.05) is 0 Å². The maximum atomic E-state index is 7.28. The van der Waals surface area contributed by atoms with Crippen LogP contribution in [0.15, 0.2) is 138 Å². The molecule has 10 aromatic rings. The van der Waals surface area contributed by atoms with Crippen molar-refractivity contribution < 1.29 is 32.7 Å². The molecule has 4 heterocycles. The Kier molecular flexibility index (Phi) is 8.50. The fraction of sp³-hybridized carbons (Fsp3) is 0.157. The molecule has 0 aliphatic rings. The van der Waals surface area contributed by atoms with E-state index in [0.717, 1.165) is 49.9 Å². The molecule has 0 fully saturated rings. The van der Waals surface area contributed by atoms with Crippen LogP contribution in [0.1, 0.15) is 70.0 Å². The molecule has 0 N–H and O–H groups in total. The summed E-state index contributed by atoms with van der Waals surface area (Å²) in [6.45, 7) is 4.78. The molecular weight excluding hydrogens is 877 g/mol. The van der Waals surface area contributed by atoms with Crippen molar-refractivity contribution in [2.24, 2.45) is 0 Å². The number of hydrogen-bond donors (Lipinski definition) is 0. The number of imidazole rings is 1. The first-order valence-electron chi connectivity index (χ1n) is 21.8. The van der Waals surface area contributed by atoms with Crippen LogP contribution in [0.4, 0.5) is 0 Å². The normalized spacial score (nSPS) is 13.5. The molecule has 0 saturated carbocycles. The van der Waals surface area contributed by atoms with E-state index in [1.54, 1.807) is 12.1 Å². The van der Waals surface area contributed by atoms with Crippen LogP contribution in [0, 0.1) is 25.8 Å². The van der Waals surface area contributed by atoms with Gasteiger partial charge in [-0.25, -0.2) is 0 Å². The van der Waals surface area contributed by atoms with Gasteiger partial charge in [0.25, 0.3) is 0 Å². The summed E-state index contributed by atoms with van der Waals surface area (Å²) in [5.74, 6) is 1.34. The number of furan rings is 1. The first kappa shape index (κ1) is 31.2. The predicted molar refractivity (Wildman–Crippen MR) is 232 cm³/mol. The van der Waals surface area contributed by atoms with Gasteiger partial charge < -0.3 is 14.0 Å². The minimum Gasteiger partial charge on any atom is -0.501 e. The summed E-state index contributed by atoms with van der Waals surface area (Å²) >= 11 is 0. The number of rotatable bonds is 5. The molecule has 4 aromatic heterocycles. The van der Waals surface area contributed by atoms with Crippen molar-refractivity contribution in [2.45, 2.75) is 53.2 Å². The molecule has 6 heteroatoms.